The Bertz CT molecular complexity index is 1610. The molecule has 3 spiro atoms. The highest BCUT2D eigenvalue weighted by Gasteiger charge is 2.48. The summed E-state index contributed by atoms with van der Waals surface area (Å²) >= 11 is 0. The van der Waals surface area contributed by atoms with Crippen molar-refractivity contribution in [1.82, 2.24) is 0 Å². The van der Waals surface area contributed by atoms with Gasteiger partial charge in [0.1, 0.15) is 0 Å². The zero-order valence-electron chi connectivity index (χ0n) is 68.4. The van der Waals surface area contributed by atoms with Crippen LogP contribution in [0, 0.1) is 90.6 Å². The standard InChI is InChI=1S/C16H30.C14H26.C11H20.C7H14.C6H12.2C6H14.2C5H12.C4H10/c1-13-6-8-16(9-7-13)11-14(2,3)10-15(4,5)12-16;1-12-4-6-14(7-5-12)10-8-13(2,3)9-11-14;1-10-4-8-11(9-5-10)6-2-3-7-11;1-7-5-3-2-4-6-7;1-6-4-2-3-5-6;1-5-6(2,3)4;1-4-6(3)5-2;1-5(2,3)4;1-4-5(2)3;1-4(2)3/h13H,6-12H2,1-5H3;12H,4-11H2,1-3H3;10H,2-9H2,1H3;7H,2-6H2,1H3;6H,2-5H2,1H3;5H2,1-4H3;6H,4-5H2,1-3H3;1-4H3;5H,4H2,1-3H3;4H,1-3H3/i;;;7D;6D;5D2;;;4D2;4D. The van der Waals surface area contributed by atoms with E-state index in [1.807, 2.05) is 69.2 Å². The van der Waals surface area contributed by atoms with Crippen molar-refractivity contribution in [3.8, 4) is 0 Å². The molecule has 0 amide bonds. The predicted molar refractivity (Wildman–Crippen MR) is 372 cm³/mol. The van der Waals surface area contributed by atoms with Gasteiger partial charge in [0.05, 0.1) is 0 Å². The SMILES string of the molecule is CC(C)(C)C.CC1CCC2(CC1)CC(C)(C)CC(C)(C)C2.CC1CCC2(CC1)CCC(C)(C)CC2.CC1CCC2(CCCC2)CC1.CCC(C)CC.[2H]C(C)(C)C.[2H]C([2H])(C)C(C)(C)C.[2H]C([2H])(C)C(C)C.[2H]C1(C)CCCC1.[2H]C1(C)CCCCC1. The van der Waals surface area contributed by atoms with Gasteiger partial charge >= 0.3 is 0 Å². The molecule has 0 aromatic carbocycles. The summed E-state index contributed by atoms with van der Waals surface area (Å²) in [5.41, 5.74) is 4.41. The molecule has 0 saturated heterocycles. The molecule has 80 heavy (non-hydrogen) atoms. The first-order chi connectivity index (χ1) is 39.0. The molecule has 0 aromatic heterocycles. The van der Waals surface area contributed by atoms with Gasteiger partial charge in [0.25, 0.3) is 0 Å². The quantitative estimate of drug-likeness (QED) is 0.264. The number of hydrogen-bond acceptors (Lipinski definition) is 0. The Morgan fingerprint density at radius 3 is 0.887 bits per heavy atom. The van der Waals surface area contributed by atoms with Gasteiger partial charge < -0.3 is 0 Å². The molecule has 0 nitrogen and oxygen atoms in total. The summed E-state index contributed by atoms with van der Waals surface area (Å²) in [6.07, 6.45) is 46.2. The van der Waals surface area contributed by atoms with Gasteiger partial charge in [-0.05, 0) is 187 Å². The molecular weight excluding hydrogens is 961 g/mol. The highest BCUT2D eigenvalue weighted by molar-refractivity contribution is 4.99. The van der Waals surface area contributed by atoms with Gasteiger partial charge in [-0.3, -0.25) is 0 Å². The van der Waals surface area contributed by atoms with Crippen molar-refractivity contribution in [2.75, 3.05) is 0 Å². The topological polar surface area (TPSA) is 0 Å². The molecule has 0 atom stereocenters. The van der Waals surface area contributed by atoms with Crippen LogP contribution in [0.4, 0.5) is 0 Å². The smallest absolute Gasteiger partial charge is 0.0300 e. The van der Waals surface area contributed by atoms with Crippen LogP contribution in [0.5, 0.6) is 0 Å². The molecule has 8 aliphatic carbocycles. The minimum absolute atomic E-state index is 0.0556. The van der Waals surface area contributed by atoms with E-state index in [4.69, 9.17) is 9.60 Å². The predicted octanol–water partition coefficient (Wildman–Crippen LogP) is 29.4. The van der Waals surface area contributed by atoms with Crippen molar-refractivity contribution in [2.24, 2.45) is 90.6 Å². The van der Waals surface area contributed by atoms with Crippen LogP contribution >= 0.6 is 0 Å². The molecule has 0 aliphatic heterocycles. The van der Waals surface area contributed by atoms with Gasteiger partial charge in [-0.2, -0.15) is 0 Å². The Balaban J connectivity index is 0. The minimum atomic E-state index is -1.06. The highest BCUT2D eigenvalue weighted by Crippen LogP contribution is 2.60. The van der Waals surface area contributed by atoms with E-state index in [-0.39, 0.29) is 29.0 Å². The van der Waals surface area contributed by atoms with Crippen molar-refractivity contribution >= 4 is 0 Å². The average Bonchev–Trinajstić information content (AvgIpc) is 1.87. The van der Waals surface area contributed by atoms with Gasteiger partial charge in [-0.15, -0.1) is 0 Å². The normalized spacial score (nSPS) is 26.6. The van der Waals surface area contributed by atoms with Crippen molar-refractivity contribution in [1.29, 1.82) is 0 Å². The second-order valence-electron chi connectivity index (χ2n) is 35.3. The molecule has 0 aromatic rings. The number of hydrogen-bond donors (Lipinski definition) is 0. The van der Waals surface area contributed by atoms with E-state index in [2.05, 4.69) is 111 Å². The summed E-state index contributed by atoms with van der Waals surface area (Å²) in [7, 11) is 0. The molecule has 0 radical (unpaired) electrons. The number of rotatable bonds is 3. The fourth-order valence-electron chi connectivity index (χ4n) is 14.0. The maximum absolute atomic E-state index is 7.63. The lowest BCUT2D eigenvalue weighted by atomic mass is 9.51. The van der Waals surface area contributed by atoms with E-state index >= 15 is 0 Å². The molecule has 0 heterocycles. The first-order valence-electron chi connectivity index (χ1n) is 39.0. The summed E-state index contributed by atoms with van der Waals surface area (Å²) in [6.45, 7) is 59.9. The zero-order valence-corrected chi connectivity index (χ0v) is 61.4. The zero-order chi connectivity index (χ0) is 68.4. The van der Waals surface area contributed by atoms with Gasteiger partial charge in [0.15, 0.2) is 0 Å². The summed E-state index contributed by atoms with van der Waals surface area (Å²) < 4.78 is 50.7. The van der Waals surface area contributed by atoms with Crippen LogP contribution in [-0.4, -0.2) is 0 Å². The van der Waals surface area contributed by atoms with Crippen molar-refractivity contribution in [2.45, 2.75) is 425 Å². The second kappa shape index (κ2) is 41.2. The summed E-state index contributed by atoms with van der Waals surface area (Å²) in [4.78, 5) is 0. The molecule has 0 heteroatoms. The Kier molecular flexibility index (Phi) is 35.6. The van der Waals surface area contributed by atoms with Crippen LogP contribution < -0.4 is 0 Å². The van der Waals surface area contributed by atoms with E-state index in [1.165, 1.54) is 167 Å². The molecule has 0 N–H and O–H groups in total. The Hall–Kier alpha value is 0. The third-order valence-corrected chi connectivity index (χ3v) is 19.9. The lowest BCUT2D eigenvalue weighted by Crippen LogP contribution is -2.43. The molecule has 0 unspecified atom stereocenters. The van der Waals surface area contributed by atoms with Crippen LogP contribution in [-0.2, 0) is 0 Å². The van der Waals surface area contributed by atoms with E-state index in [1.54, 1.807) is 39.5 Å². The molecule has 8 saturated carbocycles. The highest BCUT2D eigenvalue weighted by atomic mass is 14.5. The fraction of sp³-hybridized carbons (Fsp3) is 1.00. The van der Waals surface area contributed by atoms with Crippen LogP contribution in [0.1, 0.15) is 435 Å². The summed E-state index contributed by atoms with van der Waals surface area (Å²) in [5, 5.41) is 0. The second-order valence-corrected chi connectivity index (χ2v) is 35.3. The van der Waals surface area contributed by atoms with E-state index in [9.17, 15) is 0 Å². The molecule has 8 rings (SSSR count). The third-order valence-electron chi connectivity index (χ3n) is 19.9. The maximum atomic E-state index is 7.63. The summed E-state index contributed by atoms with van der Waals surface area (Å²) in [6, 6.07) is 0. The summed E-state index contributed by atoms with van der Waals surface area (Å²) in [5.74, 6) is 3.71. The van der Waals surface area contributed by atoms with Crippen LogP contribution in [0.3, 0.4) is 0 Å². The van der Waals surface area contributed by atoms with Gasteiger partial charge in [-0.1, -0.05) is 329 Å². The van der Waals surface area contributed by atoms with Crippen molar-refractivity contribution in [3.63, 3.8) is 0 Å². The molecule has 484 valence electrons. The van der Waals surface area contributed by atoms with Crippen LogP contribution in [0.15, 0.2) is 0 Å². The van der Waals surface area contributed by atoms with E-state index in [0.717, 1.165) is 60.2 Å². The van der Waals surface area contributed by atoms with E-state index < -0.39 is 12.7 Å². The first kappa shape index (κ1) is 69.1. The van der Waals surface area contributed by atoms with Crippen molar-refractivity contribution in [3.05, 3.63) is 0 Å². The van der Waals surface area contributed by atoms with Gasteiger partial charge in [0.2, 0.25) is 0 Å². The molecular formula is C80H164. The largest absolute Gasteiger partial charge is 0.0651 e. The molecule has 8 fully saturated rings. The van der Waals surface area contributed by atoms with Crippen molar-refractivity contribution < 1.29 is 9.60 Å². The van der Waals surface area contributed by atoms with Gasteiger partial charge in [-0.25, -0.2) is 0 Å². The molecule has 8 aliphatic rings. The fourth-order valence-corrected chi connectivity index (χ4v) is 14.0. The Morgan fingerprint density at radius 1 is 0.400 bits per heavy atom. The monoisotopic (exact) mass is 1130 g/mol. The lowest BCUT2D eigenvalue weighted by Gasteiger charge is -2.54. The average molecular weight is 1130 g/mol. The van der Waals surface area contributed by atoms with Gasteiger partial charge in [0, 0.05) is 9.60 Å². The third kappa shape index (κ3) is 45.3. The van der Waals surface area contributed by atoms with Crippen LogP contribution in [0.25, 0.3) is 0 Å². The minimum Gasteiger partial charge on any atom is -0.0651 e. The Labute approximate surface area is 522 Å². The van der Waals surface area contributed by atoms with E-state index in [0.29, 0.717) is 27.1 Å². The van der Waals surface area contributed by atoms with Crippen LogP contribution in [0.2, 0.25) is 0 Å². The Morgan fingerprint density at radius 2 is 0.662 bits per heavy atom. The molecule has 0 bridgehead atoms. The maximum Gasteiger partial charge on any atom is 0.0300 e. The lowest BCUT2D eigenvalue weighted by molar-refractivity contribution is -0.0321. The first-order valence-corrected chi connectivity index (χ1v) is 35.5.